The van der Waals surface area contributed by atoms with Crippen molar-refractivity contribution in [2.75, 3.05) is 19.0 Å². The van der Waals surface area contributed by atoms with E-state index in [0.717, 1.165) is 27.9 Å². The number of rotatable bonds is 7. The van der Waals surface area contributed by atoms with Crippen molar-refractivity contribution in [1.82, 2.24) is 9.78 Å². The minimum Gasteiger partial charge on any atom is -0.493 e. The van der Waals surface area contributed by atoms with Gasteiger partial charge in [0, 0.05) is 5.69 Å². The summed E-state index contributed by atoms with van der Waals surface area (Å²) >= 11 is 0. The van der Waals surface area contributed by atoms with Crippen LogP contribution in [-0.2, 0) is 4.79 Å². The molecule has 1 aliphatic rings. The molecule has 0 radical (unpaired) electrons. The van der Waals surface area contributed by atoms with E-state index < -0.39 is 5.92 Å². The van der Waals surface area contributed by atoms with E-state index in [1.807, 2.05) is 75.4 Å². The summed E-state index contributed by atoms with van der Waals surface area (Å²) in [5.74, 6) is 0.429. The number of nitrogens with zero attached hydrogens (tertiary/aromatic N) is 3. The van der Waals surface area contributed by atoms with Crippen molar-refractivity contribution in [2.45, 2.75) is 26.7 Å². The van der Waals surface area contributed by atoms with Gasteiger partial charge in [0.1, 0.15) is 11.6 Å². The van der Waals surface area contributed by atoms with Gasteiger partial charge >= 0.3 is 0 Å². The van der Waals surface area contributed by atoms with E-state index >= 15 is 0 Å². The third kappa shape index (κ3) is 4.95. The minimum absolute atomic E-state index is 0.0133. The minimum atomic E-state index is -0.540. The maximum absolute atomic E-state index is 12.6. The van der Waals surface area contributed by atoms with Crippen molar-refractivity contribution in [3.63, 3.8) is 0 Å². The molecule has 4 aromatic rings. The zero-order valence-electron chi connectivity index (χ0n) is 22.7. The molecule has 3 N–H and O–H groups in total. The van der Waals surface area contributed by atoms with E-state index in [0.29, 0.717) is 28.8 Å². The molecule has 1 aliphatic heterocycles. The maximum Gasteiger partial charge on any atom is 0.262 e. The molecule has 0 aliphatic carbocycles. The van der Waals surface area contributed by atoms with Gasteiger partial charge in [-0.3, -0.25) is 4.79 Å². The quantitative estimate of drug-likeness (QED) is 0.340. The molecule has 1 aromatic heterocycles. The summed E-state index contributed by atoms with van der Waals surface area (Å²) in [5, 5.41) is 17.6. The number of para-hydroxylation sites is 1. The molecule has 9 heteroatoms. The normalized spacial score (nSPS) is 14.1. The van der Waals surface area contributed by atoms with Crippen LogP contribution in [0.5, 0.6) is 17.4 Å². The van der Waals surface area contributed by atoms with E-state index in [1.165, 1.54) is 7.11 Å². The van der Waals surface area contributed by atoms with E-state index in [-0.39, 0.29) is 24.0 Å². The largest absolute Gasteiger partial charge is 0.493 e. The van der Waals surface area contributed by atoms with Gasteiger partial charge in [0.2, 0.25) is 11.8 Å². The van der Waals surface area contributed by atoms with E-state index in [4.69, 9.17) is 25.0 Å². The lowest BCUT2D eigenvalue weighted by Gasteiger charge is -2.25. The fourth-order valence-electron chi connectivity index (χ4n) is 4.73. The second-order valence-electron chi connectivity index (χ2n) is 9.52. The Morgan fingerprint density at radius 3 is 2.55 bits per heavy atom. The number of aryl methyl sites for hydroxylation is 3. The summed E-state index contributed by atoms with van der Waals surface area (Å²) in [6, 6.07) is 22.8. The lowest BCUT2D eigenvalue weighted by molar-refractivity contribution is -0.118. The van der Waals surface area contributed by atoms with Crippen LogP contribution in [0.4, 0.5) is 5.69 Å². The number of carbonyl (C=O) groups is 1. The number of carbonyl (C=O) groups excluding carboxylic acids is 1. The van der Waals surface area contributed by atoms with Gasteiger partial charge in [-0.1, -0.05) is 30.3 Å². The van der Waals surface area contributed by atoms with Gasteiger partial charge in [-0.2, -0.15) is 10.4 Å². The average molecular weight is 536 g/mol. The second kappa shape index (κ2) is 10.9. The number of amides is 1. The predicted octanol–water partition coefficient (Wildman–Crippen LogP) is 5.04. The first-order valence-electron chi connectivity index (χ1n) is 12.7. The molecule has 5 rings (SSSR count). The average Bonchev–Trinajstić information content (AvgIpc) is 3.28. The van der Waals surface area contributed by atoms with Crippen molar-refractivity contribution in [3.05, 3.63) is 106 Å². The van der Waals surface area contributed by atoms with Crippen LogP contribution < -0.4 is 25.3 Å². The number of fused-ring (bicyclic) bond motifs is 1. The molecule has 0 bridgehead atoms. The fourth-order valence-corrected chi connectivity index (χ4v) is 4.73. The van der Waals surface area contributed by atoms with Crippen molar-refractivity contribution in [1.29, 1.82) is 5.26 Å². The van der Waals surface area contributed by atoms with Gasteiger partial charge in [-0.15, -0.1) is 0 Å². The van der Waals surface area contributed by atoms with Gasteiger partial charge in [-0.25, -0.2) is 4.68 Å². The van der Waals surface area contributed by atoms with E-state index in [1.54, 1.807) is 16.8 Å². The van der Waals surface area contributed by atoms with Gasteiger partial charge in [-0.05, 0) is 73.9 Å². The predicted molar refractivity (Wildman–Crippen MR) is 151 cm³/mol. The number of methoxy groups -OCH3 is 1. The van der Waals surface area contributed by atoms with Crippen LogP contribution in [0.25, 0.3) is 5.69 Å². The summed E-state index contributed by atoms with van der Waals surface area (Å²) in [6.07, 6.45) is 0. The van der Waals surface area contributed by atoms with Gasteiger partial charge in [0.15, 0.2) is 18.1 Å². The summed E-state index contributed by atoms with van der Waals surface area (Å²) in [6.45, 7) is 5.67. The highest BCUT2D eigenvalue weighted by Gasteiger charge is 2.36. The first kappa shape index (κ1) is 26.4. The Hall–Kier alpha value is -5.23. The standard InChI is InChI=1S/C31H29N5O4/c1-18-10-12-22(14-19(18)2)34-27(37)17-39-25-13-11-21(15-26(25)38-4)29-24(16-32)30(33)40-31-28(29)20(3)35-36(31)23-8-6-5-7-9-23/h5-15,29H,17,33H2,1-4H3,(H,34,37). The highest BCUT2D eigenvalue weighted by Crippen LogP contribution is 2.46. The Morgan fingerprint density at radius 2 is 1.85 bits per heavy atom. The van der Waals surface area contributed by atoms with Crippen LogP contribution in [0.3, 0.4) is 0 Å². The van der Waals surface area contributed by atoms with Crippen LogP contribution in [-0.4, -0.2) is 29.4 Å². The number of nitrogens with one attached hydrogen (secondary N) is 1. The van der Waals surface area contributed by atoms with Crippen LogP contribution >= 0.6 is 0 Å². The number of hydrogen-bond acceptors (Lipinski definition) is 7. The highest BCUT2D eigenvalue weighted by atomic mass is 16.5. The topological polar surface area (TPSA) is 124 Å². The Balaban J connectivity index is 1.43. The number of aromatic nitrogens is 2. The van der Waals surface area contributed by atoms with Gasteiger partial charge in [0.05, 0.1) is 30.0 Å². The molecule has 1 amide bonds. The van der Waals surface area contributed by atoms with Crippen molar-refractivity contribution in [3.8, 4) is 29.1 Å². The fraction of sp³-hybridized carbons (Fsp3) is 0.194. The Morgan fingerprint density at radius 1 is 1.07 bits per heavy atom. The van der Waals surface area contributed by atoms with Crippen LogP contribution in [0.2, 0.25) is 0 Å². The molecule has 1 unspecified atom stereocenters. The maximum atomic E-state index is 12.6. The highest BCUT2D eigenvalue weighted by molar-refractivity contribution is 5.92. The third-order valence-electron chi connectivity index (χ3n) is 6.90. The SMILES string of the molecule is COc1cc(C2C(C#N)=C(N)Oc3c2c(C)nn3-c2ccccc2)ccc1OCC(=O)Nc1ccc(C)c(C)c1. The number of ether oxygens (including phenoxy) is 3. The number of benzene rings is 3. The van der Waals surface area contributed by atoms with Crippen molar-refractivity contribution < 1.29 is 19.0 Å². The lowest BCUT2D eigenvalue weighted by atomic mass is 9.84. The summed E-state index contributed by atoms with van der Waals surface area (Å²) in [5.41, 5.74) is 12.4. The Kier molecular flexibility index (Phi) is 7.17. The van der Waals surface area contributed by atoms with Crippen LogP contribution in [0, 0.1) is 32.1 Å². The molecule has 0 fully saturated rings. The van der Waals surface area contributed by atoms with E-state index in [2.05, 4.69) is 11.4 Å². The second-order valence-corrected chi connectivity index (χ2v) is 9.52. The molecule has 0 saturated heterocycles. The summed E-state index contributed by atoms with van der Waals surface area (Å²) in [4.78, 5) is 12.6. The van der Waals surface area contributed by atoms with Crippen molar-refractivity contribution in [2.24, 2.45) is 5.73 Å². The van der Waals surface area contributed by atoms with Gasteiger partial charge < -0.3 is 25.3 Å². The molecule has 1 atom stereocenters. The van der Waals surface area contributed by atoms with Crippen LogP contribution in [0.15, 0.2) is 78.2 Å². The monoisotopic (exact) mass is 535 g/mol. The molecule has 0 spiro atoms. The molecule has 0 saturated carbocycles. The number of anilines is 1. The molecule has 202 valence electrons. The molecule has 40 heavy (non-hydrogen) atoms. The molecular weight excluding hydrogens is 506 g/mol. The number of allylic oxidation sites excluding steroid dienone is 1. The smallest absolute Gasteiger partial charge is 0.262 e. The molecule has 3 aromatic carbocycles. The Bertz CT molecular complexity index is 1670. The third-order valence-corrected chi connectivity index (χ3v) is 6.90. The summed E-state index contributed by atoms with van der Waals surface area (Å²) in [7, 11) is 1.52. The first-order chi connectivity index (χ1) is 19.3. The zero-order chi connectivity index (χ0) is 28.4. The molecule has 2 heterocycles. The molecular formula is C31H29N5O4. The van der Waals surface area contributed by atoms with Crippen LogP contribution in [0.1, 0.15) is 33.9 Å². The Labute approximate surface area is 232 Å². The summed E-state index contributed by atoms with van der Waals surface area (Å²) < 4.78 is 19.0. The number of nitrogens with two attached hydrogens (primary N) is 1. The number of hydrogen-bond donors (Lipinski definition) is 2. The van der Waals surface area contributed by atoms with Crippen molar-refractivity contribution >= 4 is 11.6 Å². The van der Waals surface area contributed by atoms with Gasteiger partial charge in [0.25, 0.3) is 5.91 Å². The number of nitriles is 1. The zero-order valence-corrected chi connectivity index (χ0v) is 22.7. The molecule has 9 nitrogen and oxygen atoms in total. The van der Waals surface area contributed by atoms with E-state index in [9.17, 15) is 10.1 Å². The first-order valence-corrected chi connectivity index (χ1v) is 12.7. The lowest BCUT2D eigenvalue weighted by Crippen LogP contribution is -2.22.